The summed E-state index contributed by atoms with van der Waals surface area (Å²) in [7, 11) is 1.56. The number of rotatable bonds is 4. The van der Waals surface area contributed by atoms with Crippen molar-refractivity contribution >= 4 is 11.3 Å². The van der Waals surface area contributed by atoms with Gasteiger partial charge in [-0.2, -0.15) is 4.98 Å². The molecule has 0 amide bonds. The average molecular weight is 444 g/mol. The van der Waals surface area contributed by atoms with Gasteiger partial charge in [-0.05, 0) is 31.9 Å². The molecule has 0 unspecified atom stereocenters. The number of benzene rings is 1. The number of ether oxygens (including phenoxy) is 1. The van der Waals surface area contributed by atoms with Crippen LogP contribution in [0.1, 0.15) is 19.8 Å². The Bertz CT molecular complexity index is 1190. The summed E-state index contributed by atoms with van der Waals surface area (Å²) >= 11 is 1.15. The van der Waals surface area contributed by atoms with Crippen molar-refractivity contribution in [2.45, 2.75) is 37.6 Å². The lowest BCUT2D eigenvalue weighted by atomic mass is 9.70. The van der Waals surface area contributed by atoms with Crippen molar-refractivity contribution in [3.63, 3.8) is 0 Å². The zero-order chi connectivity index (χ0) is 21.8. The molecule has 2 saturated heterocycles. The molecule has 0 spiro atoms. The minimum atomic E-state index is -1.13. The fourth-order valence-electron chi connectivity index (χ4n) is 4.18. The van der Waals surface area contributed by atoms with E-state index in [-0.39, 0.29) is 22.7 Å². The molecule has 11 heteroatoms. The summed E-state index contributed by atoms with van der Waals surface area (Å²) < 4.78 is 22.1. The van der Waals surface area contributed by atoms with Gasteiger partial charge in [-0.1, -0.05) is 22.5 Å². The summed E-state index contributed by atoms with van der Waals surface area (Å²) in [5.41, 5.74) is -0.0533. The molecule has 6 rings (SSSR count). The minimum absolute atomic E-state index is 0.0544. The second-order valence-electron chi connectivity index (χ2n) is 8.26. The van der Waals surface area contributed by atoms with E-state index < -0.39 is 23.5 Å². The quantitative estimate of drug-likeness (QED) is 0.627. The van der Waals surface area contributed by atoms with E-state index in [4.69, 9.17) is 4.74 Å². The maximum atomic E-state index is 15.0. The van der Waals surface area contributed by atoms with Crippen molar-refractivity contribution in [2.24, 2.45) is 13.0 Å². The van der Waals surface area contributed by atoms with E-state index in [9.17, 15) is 14.3 Å². The zero-order valence-corrected chi connectivity index (χ0v) is 17.8. The van der Waals surface area contributed by atoms with E-state index in [2.05, 4.69) is 25.5 Å². The van der Waals surface area contributed by atoms with Crippen LogP contribution in [0.15, 0.2) is 29.3 Å². The molecule has 3 aliphatic rings. The van der Waals surface area contributed by atoms with Crippen LogP contribution in [-0.2, 0) is 7.05 Å². The SMILES string of the molecule is Cn1cnc(-c2ccc(-c3nnc(O[C@H]4[C@@H]5CC[C@@](C)(NC5)[C@@H]4F)s3)c(O)c2)nc1=O. The molecular weight excluding hydrogens is 423 g/mol. The number of hydrogen-bond acceptors (Lipinski definition) is 9. The van der Waals surface area contributed by atoms with E-state index in [0.29, 0.717) is 16.1 Å². The van der Waals surface area contributed by atoms with Crippen LogP contribution >= 0.6 is 11.3 Å². The van der Waals surface area contributed by atoms with E-state index in [1.54, 1.807) is 19.2 Å². The summed E-state index contributed by atoms with van der Waals surface area (Å²) in [6.07, 6.45) is 1.38. The average Bonchev–Trinajstić information content (AvgIpc) is 3.21. The molecule has 9 nitrogen and oxygen atoms in total. The van der Waals surface area contributed by atoms with E-state index >= 15 is 0 Å². The molecule has 0 radical (unpaired) electrons. The first-order chi connectivity index (χ1) is 14.8. The normalized spacial score (nSPS) is 27.4. The number of aromatic hydroxyl groups is 1. The Morgan fingerprint density at radius 1 is 1.39 bits per heavy atom. The number of alkyl halides is 1. The third-order valence-corrected chi connectivity index (χ3v) is 7.00. The molecule has 1 aromatic carbocycles. The summed E-state index contributed by atoms with van der Waals surface area (Å²) in [6, 6.07) is 4.81. The topological polar surface area (TPSA) is 115 Å². The van der Waals surface area contributed by atoms with Crippen molar-refractivity contribution < 1.29 is 14.2 Å². The van der Waals surface area contributed by atoms with Gasteiger partial charge in [0.15, 0.2) is 17.0 Å². The minimum Gasteiger partial charge on any atom is -0.507 e. The number of aryl methyl sites for hydroxylation is 1. The van der Waals surface area contributed by atoms with Gasteiger partial charge in [0.2, 0.25) is 0 Å². The Labute approximate surface area is 181 Å². The van der Waals surface area contributed by atoms with Crippen LogP contribution in [0.2, 0.25) is 0 Å². The molecule has 3 aromatic rings. The van der Waals surface area contributed by atoms with Crippen LogP contribution < -0.4 is 15.7 Å². The highest BCUT2D eigenvalue weighted by atomic mass is 32.1. The molecule has 2 bridgehead atoms. The Morgan fingerprint density at radius 2 is 2.23 bits per heavy atom. The first-order valence-electron chi connectivity index (χ1n) is 9.97. The van der Waals surface area contributed by atoms with Gasteiger partial charge in [0, 0.05) is 25.1 Å². The van der Waals surface area contributed by atoms with Gasteiger partial charge in [0.1, 0.15) is 18.2 Å². The summed E-state index contributed by atoms with van der Waals surface area (Å²) in [4.78, 5) is 19.7. The number of hydrogen-bond donors (Lipinski definition) is 2. The lowest BCUT2D eigenvalue weighted by molar-refractivity contribution is -0.0713. The van der Waals surface area contributed by atoms with E-state index in [1.165, 1.54) is 17.0 Å². The van der Waals surface area contributed by atoms with Gasteiger partial charge in [0.05, 0.1) is 11.1 Å². The van der Waals surface area contributed by atoms with Crippen LogP contribution in [0.3, 0.4) is 0 Å². The number of nitrogens with one attached hydrogen (secondary N) is 1. The van der Waals surface area contributed by atoms with Crippen LogP contribution in [0, 0.1) is 5.92 Å². The molecular formula is C20H21FN6O3S. The fourth-order valence-corrected chi connectivity index (χ4v) is 4.95. The van der Waals surface area contributed by atoms with Gasteiger partial charge >= 0.3 is 5.69 Å². The standard InChI is InChI=1S/C20H21FN6O3S/c1-20-6-5-11(8-23-20)14(15(20)21)30-19-26-25-17(31-19)12-4-3-10(7-13(12)28)16-22-9-27(2)18(29)24-16/h3-4,7,9,11,14-15,23,28H,5-6,8H2,1-2H3/t11-,14+,15-,20-/m1/s1. The fraction of sp³-hybridized carbons (Fsp3) is 0.450. The highest BCUT2D eigenvalue weighted by Crippen LogP contribution is 2.42. The lowest BCUT2D eigenvalue weighted by Gasteiger charge is -2.51. The molecule has 2 aliphatic heterocycles. The van der Waals surface area contributed by atoms with E-state index in [0.717, 1.165) is 30.7 Å². The van der Waals surface area contributed by atoms with Crippen molar-refractivity contribution in [2.75, 3.05) is 6.54 Å². The van der Waals surface area contributed by atoms with E-state index in [1.807, 2.05) is 6.92 Å². The highest BCUT2D eigenvalue weighted by molar-refractivity contribution is 7.16. The number of aromatic nitrogens is 5. The second-order valence-corrected chi connectivity index (χ2v) is 9.20. The predicted molar refractivity (Wildman–Crippen MR) is 112 cm³/mol. The third kappa shape index (κ3) is 3.47. The maximum Gasteiger partial charge on any atom is 0.350 e. The van der Waals surface area contributed by atoms with Crippen LogP contribution in [0.25, 0.3) is 22.0 Å². The predicted octanol–water partition coefficient (Wildman–Crippen LogP) is 1.92. The van der Waals surface area contributed by atoms with Gasteiger partial charge in [0.25, 0.3) is 5.19 Å². The second kappa shape index (κ2) is 7.34. The molecule has 4 atom stereocenters. The first-order valence-corrected chi connectivity index (χ1v) is 10.8. The molecule has 2 aromatic heterocycles. The van der Waals surface area contributed by atoms with Gasteiger partial charge in [-0.15, -0.1) is 5.10 Å². The van der Waals surface area contributed by atoms with Crippen LogP contribution in [0.4, 0.5) is 4.39 Å². The maximum absolute atomic E-state index is 15.0. The number of halogens is 1. The number of piperidine rings is 2. The van der Waals surface area contributed by atoms with Crippen molar-refractivity contribution in [3.05, 3.63) is 35.0 Å². The van der Waals surface area contributed by atoms with Crippen LogP contribution in [0.5, 0.6) is 10.9 Å². The molecule has 1 saturated carbocycles. The Morgan fingerprint density at radius 3 is 2.94 bits per heavy atom. The van der Waals surface area contributed by atoms with Crippen molar-refractivity contribution in [1.82, 2.24) is 30.0 Å². The Hall–Kier alpha value is -2.92. The Balaban J connectivity index is 1.37. The number of fused-ring (bicyclic) bond motifs is 3. The number of phenolic OH excluding ortho intramolecular Hbond substituents is 1. The molecule has 1 aliphatic carbocycles. The van der Waals surface area contributed by atoms with Gasteiger partial charge in [-0.3, -0.25) is 4.57 Å². The summed E-state index contributed by atoms with van der Waals surface area (Å²) in [5, 5.41) is 22.7. The summed E-state index contributed by atoms with van der Waals surface area (Å²) in [6.45, 7) is 2.61. The molecule has 162 valence electrons. The van der Waals surface area contributed by atoms with Gasteiger partial charge in [-0.25, -0.2) is 14.2 Å². The smallest absolute Gasteiger partial charge is 0.350 e. The lowest BCUT2D eigenvalue weighted by Crippen LogP contribution is -2.68. The number of phenols is 1. The first kappa shape index (κ1) is 20.0. The monoisotopic (exact) mass is 444 g/mol. The summed E-state index contributed by atoms with van der Waals surface area (Å²) in [5.74, 6) is 0.256. The third-order valence-electron chi connectivity index (χ3n) is 6.15. The van der Waals surface area contributed by atoms with Crippen molar-refractivity contribution in [1.29, 1.82) is 0 Å². The van der Waals surface area contributed by atoms with Crippen LogP contribution in [-0.4, -0.2) is 54.2 Å². The molecule has 31 heavy (non-hydrogen) atoms. The zero-order valence-electron chi connectivity index (χ0n) is 16.9. The molecule has 3 fully saturated rings. The molecule has 2 N–H and O–H groups in total. The van der Waals surface area contributed by atoms with Gasteiger partial charge < -0.3 is 15.2 Å². The molecule has 4 heterocycles. The Kier molecular flexibility index (Phi) is 4.74. The highest BCUT2D eigenvalue weighted by Gasteiger charge is 2.53. The largest absolute Gasteiger partial charge is 0.507 e. The number of nitrogens with zero attached hydrogens (tertiary/aromatic N) is 5. The van der Waals surface area contributed by atoms with Crippen molar-refractivity contribution in [3.8, 4) is 32.9 Å².